The minimum Gasteiger partial charge on any atom is -0.497 e. The number of carbonyl (C=O) groups is 1. The zero-order chi connectivity index (χ0) is 24.1. The van der Waals surface area contributed by atoms with Gasteiger partial charge in [-0.05, 0) is 66.6 Å². The highest BCUT2D eigenvalue weighted by molar-refractivity contribution is 6.67. The highest BCUT2D eigenvalue weighted by Gasteiger charge is 2.49. The Morgan fingerprint density at radius 2 is 2.06 bits per heavy atom. The number of H-pyrrole nitrogens is 1. The maximum Gasteiger partial charge on any atom is 0.409 e. The number of aromatic nitrogens is 1. The quantitative estimate of drug-likeness (QED) is 0.375. The number of likely N-dealkylation sites (tertiary alicyclic amines) is 1. The lowest BCUT2D eigenvalue weighted by Crippen LogP contribution is -2.55. The molecule has 2 aliphatic rings. The normalized spacial score (nSPS) is 22.3. The molecule has 1 saturated heterocycles. The summed E-state index contributed by atoms with van der Waals surface area (Å²) in [6.07, 6.45) is 1.96. The SMILES string of the molecule is COc1cccc([C@]23CCN(C(=O)OCC(Cl)(Cl)Cl)CC2Cc2c([nH]c4ccc(Cl)cc24)C3)c1. The van der Waals surface area contributed by atoms with Gasteiger partial charge in [0.1, 0.15) is 12.4 Å². The van der Waals surface area contributed by atoms with Crippen LogP contribution in [0, 0.1) is 5.92 Å². The van der Waals surface area contributed by atoms with Crippen molar-refractivity contribution in [1.82, 2.24) is 9.88 Å². The topological polar surface area (TPSA) is 54.6 Å². The van der Waals surface area contributed by atoms with E-state index in [-0.39, 0.29) is 17.9 Å². The molecule has 1 aromatic heterocycles. The molecule has 2 atom stereocenters. The Bertz CT molecular complexity index is 1240. The van der Waals surface area contributed by atoms with E-state index in [1.165, 1.54) is 16.8 Å². The molecule has 0 spiro atoms. The number of benzene rings is 2. The van der Waals surface area contributed by atoms with Gasteiger partial charge in [0.25, 0.3) is 0 Å². The number of piperidine rings is 1. The van der Waals surface area contributed by atoms with Gasteiger partial charge in [-0.25, -0.2) is 4.79 Å². The molecule has 1 amide bonds. The minimum absolute atomic E-state index is 0.155. The fourth-order valence-corrected chi connectivity index (χ4v) is 5.94. The van der Waals surface area contributed by atoms with Crippen LogP contribution in [0.25, 0.3) is 10.9 Å². The van der Waals surface area contributed by atoms with Crippen LogP contribution in [0.2, 0.25) is 5.02 Å². The molecule has 0 bridgehead atoms. The van der Waals surface area contributed by atoms with Crippen molar-refractivity contribution in [3.05, 3.63) is 64.3 Å². The van der Waals surface area contributed by atoms with Crippen LogP contribution in [0.15, 0.2) is 42.5 Å². The molecule has 5 rings (SSSR count). The van der Waals surface area contributed by atoms with Gasteiger partial charge in [-0.1, -0.05) is 58.5 Å². The predicted molar refractivity (Wildman–Crippen MR) is 137 cm³/mol. The minimum atomic E-state index is -1.64. The highest BCUT2D eigenvalue weighted by Crippen LogP contribution is 2.50. The van der Waals surface area contributed by atoms with E-state index in [0.717, 1.165) is 35.9 Å². The summed E-state index contributed by atoms with van der Waals surface area (Å²) in [6, 6.07) is 14.2. The van der Waals surface area contributed by atoms with Gasteiger partial charge in [-0.3, -0.25) is 0 Å². The number of ether oxygens (including phenoxy) is 2. The number of hydrogen-bond donors (Lipinski definition) is 1. The molecule has 5 nitrogen and oxygen atoms in total. The third kappa shape index (κ3) is 4.44. The molecular formula is C25H24Cl4N2O3. The molecule has 1 N–H and O–H groups in total. The second-order valence-corrected chi connectivity index (χ2v) is 12.1. The number of aromatic amines is 1. The smallest absolute Gasteiger partial charge is 0.409 e. The summed E-state index contributed by atoms with van der Waals surface area (Å²) in [5.74, 6) is 0.989. The van der Waals surface area contributed by atoms with E-state index in [1.54, 1.807) is 12.0 Å². The first-order valence-electron chi connectivity index (χ1n) is 11.1. The van der Waals surface area contributed by atoms with Crippen LogP contribution < -0.4 is 4.74 Å². The Hall–Kier alpha value is -1.79. The fourth-order valence-electron chi connectivity index (χ4n) is 5.60. The van der Waals surface area contributed by atoms with Crippen molar-refractivity contribution >= 4 is 63.4 Å². The van der Waals surface area contributed by atoms with Crippen LogP contribution in [0.3, 0.4) is 0 Å². The Labute approximate surface area is 218 Å². The number of nitrogens with one attached hydrogen (secondary N) is 1. The zero-order valence-electron chi connectivity index (χ0n) is 18.5. The summed E-state index contributed by atoms with van der Waals surface area (Å²) >= 11 is 23.7. The number of methoxy groups -OCH3 is 1. The summed E-state index contributed by atoms with van der Waals surface area (Å²) < 4.78 is 9.18. The predicted octanol–water partition coefficient (Wildman–Crippen LogP) is 6.70. The molecule has 34 heavy (non-hydrogen) atoms. The standard InChI is InChI=1S/C25H24Cl4N2O3/c1-33-18-4-2-3-15(9-18)24-7-8-31(23(32)34-14-25(27,28)29)13-16(24)10-19-20-11-17(26)5-6-21(20)30-22(19)12-24/h2-6,9,11,16,30H,7-8,10,12-14H2,1H3/t16?,24-/m1/s1. The zero-order valence-corrected chi connectivity index (χ0v) is 21.6. The number of alkyl halides is 3. The maximum absolute atomic E-state index is 12.8. The molecule has 1 aliphatic carbocycles. The van der Waals surface area contributed by atoms with Crippen molar-refractivity contribution in [1.29, 1.82) is 0 Å². The maximum atomic E-state index is 12.8. The van der Waals surface area contributed by atoms with Crippen LogP contribution >= 0.6 is 46.4 Å². The van der Waals surface area contributed by atoms with E-state index < -0.39 is 9.89 Å². The summed E-state index contributed by atoms with van der Waals surface area (Å²) in [5, 5.41) is 1.84. The summed E-state index contributed by atoms with van der Waals surface area (Å²) in [5.41, 5.74) is 4.63. The Balaban J connectivity index is 1.52. The Morgan fingerprint density at radius 1 is 1.24 bits per heavy atom. The van der Waals surface area contributed by atoms with Crippen molar-refractivity contribution in [3.63, 3.8) is 0 Å². The van der Waals surface area contributed by atoms with Gasteiger partial charge >= 0.3 is 6.09 Å². The third-order valence-electron chi connectivity index (χ3n) is 7.21. The first-order chi connectivity index (χ1) is 16.2. The number of rotatable bonds is 3. The van der Waals surface area contributed by atoms with Crippen molar-refractivity contribution in [2.75, 3.05) is 26.8 Å². The van der Waals surface area contributed by atoms with Gasteiger partial charge in [0, 0.05) is 40.1 Å². The van der Waals surface area contributed by atoms with Crippen molar-refractivity contribution < 1.29 is 14.3 Å². The average molecular weight is 542 g/mol. The van der Waals surface area contributed by atoms with Gasteiger partial charge < -0.3 is 19.4 Å². The second kappa shape index (κ2) is 9.02. The molecule has 1 unspecified atom stereocenters. The fraction of sp³-hybridized carbons (Fsp3) is 0.400. The molecule has 1 fully saturated rings. The molecule has 180 valence electrons. The molecule has 3 aromatic rings. The van der Waals surface area contributed by atoms with Gasteiger partial charge in [0.15, 0.2) is 0 Å². The Morgan fingerprint density at radius 3 is 2.82 bits per heavy atom. The average Bonchev–Trinajstić information content (AvgIpc) is 3.16. The summed E-state index contributed by atoms with van der Waals surface area (Å²) in [6.45, 7) is 0.806. The first-order valence-corrected chi connectivity index (χ1v) is 12.6. The number of amides is 1. The monoisotopic (exact) mass is 540 g/mol. The van der Waals surface area contributed by atoms with Crippen LogP contribution in [0.4, 0.5) is 4.79 Å². The highest BCUT2D eigenvalue weighted by atomic mass is 35.6. The van der Waals surface area contributed by atoms with E-state index in [1.807, 2.05) is 30.3 Å². The van der Waals surface area contributed by atoms with E-state index in [9.17, 15) is 4.79 Å². The van der Waals surface area contributed by atoms with Gasteiger partial charge in [0.05, 0.1) is 7.11 Å². The number of hydrogen-bond acceptors (Lipinski definition) is 3. The molecular weight excluding hydrogens is 518 g/mol. The molecule has 0 radical (unpaired) electrons. The van der Waals surface area contributed by atoms with Gasteiger partial charge in [-0.2, -0.15) is 0 Å². The van der Waals surface area contributed by atoms with Crippen LogP contribution in [-0.2, 0) is 23.0 Å². The van der Waals surface area contributed by atoms with E-state index >= 15 is 0 Å². The number of nitrogens with zero attached hydrogens (tertiary/aromatic N) is 1. The summed E-state index contributed by atoms with van der Waals surface area (Å²) in [4.78, 5) is 18.2. The van der Waals surface area contributed by atoms with Crippen molar-refractivity contribution in [2.45, 2.75) is 28.5 Å². The molecule has 2 heterocycles. The van der Waals surface area contributed by atoms with E-state index in [4.69, 9.17) is 55.9 Å². The lowest BCUT2D eigenvalue weighted by molar-refractivity contribution is 0.0539. The largest absolute Gasteiger partial charge is 0.497 e. The second-order valence-electron chi connectivity index (χ2n) is 9.10. The Kier molecular flexibility index (Phi) is 6.34. The van der Waals surface area contributed by atoms with Crippen LogP contribution in [0.5, 0.6) is 5.75 Å². The number of fused-ring (bicyclic) bond motifs is 4. The molecule has 2 aromatic carbocycles. The van der Waals surface area contributed by atoms with Gasteiger partial charge in [0.2, 0.25) is 3.79 Å². The third-order valence-corrected chi connectivity index (χ3v) is 7.77. The molecule has 1 aliphatic heterocycles. The van der Waals surface area contributed by atoms with Crippen molar-refractivity contribution in [3.8, 4) is 5.75 Å². The first kappa shape index (κ1) is 23.9. The lowest BCUT2D eigenvalue weighted by atomic mass is 9.59. The number of carbonyl (C=O) groups excluding carboxylic acids is 1. The molecule has 0 saturated carbocycles. The van der Waals surface area contributed by atoms with Crippen molar-refractivity contribution in [2.24, 2.45) is 5.92 Å². The van der Waals surface area contributed by atoms with Crippen LogP contribution in [-0.4, -0.2) is 46.6 Å². The van der Waals surface area contributed by atoms with Gasteiger partial charge in [-0.15, -0.1) is 0 Å². The number of halogens is 4. The van der Waals surface area contributed by atoms with E-state index in [0.29, 0.717) is 18.1 Å². The molecule has 9 heteroatoms. The lowest BCUT2D eigenvalue weighted by Gasteiger charge is -2.50. The van der Waals surface area contributed by atoms with Crippen LogP contribution in [0.1, 0.15) is 23.2 Å². The van der Waals surface area contributed by atoms with E-state index in [2.05, 4.69) is 17.1 Å². The summed E-state index contributed by atoms with van der Waals surface area (Å²) in [7, 11) is 1.68.